The molecule has 1 aliphatic rings. The third-order valence-electron chi connectivity index (χ3n) is 5.87. The van der Waals surface area contributed by atoms with Crippen LogP contribution in [0, 0.1) is 6.92 Å². The van der Waals surface area contributed by atoms with Crippen LogP contribution in [0.5, 0.6) is 0 Å². The predicted molar refractivity (Wildman–Crippen MR) is 130 cm³/mol. The van der Waals surface area contributed by atoms with Gasteiger partial charge in [-0.15, -0.1) is 0 Å². The van der Waals surface area contributed by atoms with E-state index in [1.54, 1.807) is 6.07 Å². The van der Waals surface area contributed by atoms with Crippen molar-refractivity contribution in [3.05, 3.63) is 101 Å². The van der Waals surface area contributed by atoms with Crippen LogP contribution in [0.4, 0.5) is 0 Å². The number of carbonyl (C=O) groups is 2. The van der Waals surface area contributed by atoms with Crippen LogP contribution < -0.4 is 16.9 Å². The normalized spacial score (nSPS) is 14.9. The minimum absolute atomic E-state index is 0.0126. The van der Waals surface area contributed by atoms with Gasteiger partial charge in [0, 0.05) is 23.9 Å². The number of carbonyl (C=O) groups excluding carboxylic acids is 2. The van der Waals surface area contributed by atoms with Crippen molar-refractivity contribution >= 4 is 23.6 Å². The largest absolute Gasteiger partial charge is 0.384 e. The number of benzene rings is 2. The molecule has 0 spiro atoms. The maximum absolute atomic E-state index is 12.9. The second-order valence-corrected chi connectivity index (χ2v) is 8.32. The molecule has 33 heavy (non-hydrogen) atoms. The van der Waals surface area contributed by atoms with Crippen LogP contribution in [0.1, 0.15) is 50.4 Å². The average Bonchev–Trinajstić information content (AvgIpc) is 3.46. The van der Waals surface area contributed by atoms with Crippen molar-refractivity contribution in [2.24, 2.45) is 16.7 Å². The second kappa shape index (κ2) is 9.16. The Morgan fingerprint density at radius 3 is 2.55 bits per heavy atom. The summed E-state index contributed by atoms with van der Waals surface area (Å²) in [4.78, 5) is 25.5. The molecule has 4 rings (SSSR count). The molecule has 1 amide bonds. The van der Waals surface area contributed by atoms with E-state index in [1.165, 1.54) is 0 Å². The number of hydrazone groups is 1. The monoisotopic (exact) mass is 441 g/mol. The molecule has 7 nitrogen and oxygen atoms in total. The quantitative estimate of drug-likeness (QED) is 0.164. The molecule has 0 atom stereocenters. The molecular formula is C26H27N5O2. The summed E-state index contributed by atoms with van der Waals surface area (Å²) >= 11 is 0. The smallest absolute Gasteiger partial charge is 0.252 e. The number of rotatable bonds is 8. The van der Waals surface area contributed by atoms with Crippen molar-refractivity contribution < 1.29 is 9.59 Å². The topological polar surface area (TPSA) is 116 Å². The molecule has 1 saturated carbocycles. The lowest BCUT2D eigenvalue weighted by Crippen LogP contribution is -2.47. The fraction of sp³-hybridized carbons (Fsp3) is 0.192. The highest BCUT2D eigenvalue weighted by molar-refractivity contribution is 6.08. The van der Waals surface area contributed by atoms with Gasteiger partial charge in [0.05, 0.1) is 11.2 Å². The molecule has 1 fully saturated rings. The summed E-state index contributed by atoms with van der Waals surface area (Å²) in [7, 11) is 0. The number of hydrogen-bond acceptors (Lipinski definition) is 4. The van der Waals surface area contributed by atoms with Gasteiger partial charge in [-0.05, 0) is 49.6 Å². The van der Waals surface area contributed by atoms with Gasteiger partial charge in [-0.1, -0.05) is 54.1 Å². The Morgan fingerprint density at radius 2 is 1.85 bits per heavy atom. The molecule has 0 saturated heterocycles. The minimum atomic E-state index is -0.619. The van der Waals surface area contributed by atoms with Crippen LogP contribution in [0.25, 0.3) is 6.08 Å². The summed E-state index contributed by atoms with van der Waals surface area (Å²) in [6.07, 6.45) is 7.23. The Labute approximate surface area is 192 Å². The average molecular weight is 442 g/mol. The van der Waals surface area contributed by atoms with Crippen molar-refractivity contribution in [1.29, 1.82) is 0 Å². The van der Waals surface area contributed by atoms with Gasteiger partial charge < -0.3 is 21.5 Å². The second-order valence-electron chi connectivity index (χ2n) is 8.32. The van der Waals surface area contributed by atoms with Gasteiger partial charge in [0.1, 0.15) is 5.84 Å². The maximum atomic E-state index is 12.9. The van der Waals surface area contributed by atoms with Gasteiger partial charge >= 0.3 is 0 Å². The van der Waals surface area contributed by atoms with Crippen LogP contribution in [-0.2, 0) is 6.54 Å². The van der Waals surface area contributed by atoms with Crippen molar-refractivity contribution in [2.45, 2.75) is 31.8 Å². The first kappa shape index (κ1) is 22.1. The van der Waals surface area contributed by atoms with E-state index in [0.29, 0.717) is 23.4 Å². The van der Waals surface area contributed by atoms with E-state index < -0.39 is 5.54 Å². The Balaban J connectivity index is 1.43. The minimum Gasteiger partial charge on any atom is -0.384 e. The summed E-state index contributed by atoms with van der Waals surface area (Å²) < 4.78 is 1.90. The van der Waals surface area contributed by atoms with Gasteiger partial charge in [0.25, 0.3) is 5.91 Å². The molecule has 1 aliphatic carbocycles. The third-order valence-corrected chi connectivity index (χ3v) is 5.87. The Bertz CT molecular complexity index is 1230. The predicted octanol–water partition coefficient (Wildman–Crippen LogP) is 3.23. The number of hydrogen-bond donors (Lipinski definition) is 3. The number of nitrogens with one attached hydrogen (secondary N) is 1. The zero-order chi connectivity index (χ0) is 23.4. The zero-order valence-corrected chi connectivity index (χ0v) is 18.5. The van der Waals surface area contributed by atoms with Crippen molar-refractivity contribution in [1.82, 2.24) is 9.88 Å². The van der Waals surface area contributed by atoms with Gasteiger partial charge in [-0.25, -0.2) is 0 Å². The maximum Gasteiger partial charge on any atom is 0.252 e. The molecule has 1 heterocycles. The summed E-state index contributed by atoms with van der Waals surface area (Å²) in [6, 6.07) is 18.6. The molecule has 1 aromatic heterocycles. The van der Waals surface area contributed by atoms with Crippen LogP contribution >= 0.6 is 0 Å². The molecule has 7 heteroatoms. The summed E-state index contributed by atoms with van der Waals surface area (Å²) in [5.74, 6) is 5.29. The zero-order valence-electron chi connectivity index (χ0n) is 18.5. The highest BCUT2D eigenvalue weighted by atomic mass is 16.2. The van der Waals surface area contributed by atoms with Crippen LogP contribution in [0.3, 0.4) is 0 Å². The first-order valence-electron chi connectivity index (χ1n) is 10.8. The number of nitrogens with two attached hydrogens (primary N) is 2. The van der Waals surface area contributed by atoms with E-state index >= 15 is 0 Å². The lowest BCUT2D eigenvalue weighted by molar-refractivity contribution is 0.0942. The fourth-order valence-electron chi connectivity index (χ4n) is 3.70. The van der Waals surface area contributed by atoms with E-state index in [9.17, 15) is 9.59 Å². The van der Waals surface area contributed by atoms with Crippen LogP contribution in [-0.4, -0.2) is 27.6 Å². The van der Waals surface area contributed by atoms with Gasteiger partial charge in [-0.3, -0.25) is 9.59 Å². The van der Waals surface area contributed by atoms with Gasteiger partial charge in [-0.2, -0.15) is 5.10 Å². The Morgan fingerprint density at radius 1 is 1.09 bits per heavy atom. The standard InChI is InChI=1S/C26H27N5O2/c1-18-9-11-20(12-10-18)23(32)22-8-4-16-31(22)15-3-6-19-5-2-7-21(17-19)24(33)29-26(13-14-26)25(27)30-28/h2-12,16-17H,13-15,28H2,1H3,(H2,27,30)(H,29,33)/b6-3+. The number of allylic oxidation sites excluding steroid dienone is 1. The van der Waals surface area contributed by atoms with Gasteiger partial charge in [0.15, 0.2) is 0 Å². The van der Waals surface area contributed by atoms with E-state index in [2.05, 4.69) is 10.4 Å². The molecule has 168 valence electrons. The first-order valence-corrected chi connectivity index (χ1v) is 10.8. The highest BCUT2D eigenvalue weighted by Gasteiger charge is 2.48. The Hall–Kier alpha value is -4.13. The fourth-order valence-corrected chi connectivity index (χ4v) is 3.70. The SMILES string of the molecule is Cc1ccc(C(=O)c2cccn2C/C=C/c2cccc(C(=O)NC3(/C(N)=N/N)CC3)c2)cc1. The van der Waals surface area contributed by atoms with Crippen molar-refractivity contribution in [3.63, 3.8) is 0 Å². The molecule has 0 unspecified atom stereocenters. The summed E-state index contributed by atoms with van der Waals surface area (Å²) in [5.41, 5.74) is 9.03. The van der Waals surface area contributed by atoms with Crippen LogP contribution in [0.2, 0.25) is 0 Å². The molecule has 0 bridgehead atoms. The molecule has 3 aromatic rings. The molecule has 5 N–H and O–H groups in total. The number of amidine groups is 1. The summed E-state index contributed by atoms with van der Waals surface area (Å²) in [5, 5.41) is 6.48. The van der Waals surface area contributed by atoms with Crippen molar-refractivity contribution in [3.8, 4) is 0 Å². The van der Waals surface area contributed by atoms with E-state index in [-0.39, 0.29) is 17.5 Å². The summed E-state index contributed by atoms with van der Waals surface area (Å²) in [6.45, 7) is 2.52. The number of amides is 1. The third kappa shape index (κ3) is 4.87. The van der Waals surface area contributed by atoms with E-state index in [4.69, 9.17) is 11.6 Å². The number of ketones is 1. The van der Waals surface area contributed by atoms with E-state index in [0.717, 1.165) is 24.0 Å². The van der Waals surface area contributed by atoms with Crippen molar-refractivity contribution in [2.75, 3.05) is 0 Å². The number of nitrogens with zero attached hydrogens (tertiary/aromatic N) is 2. The highest BCUT2D eigenvalue weighted by Crippen LogP contribution is 2.35. The lowest BCUT2D eigenvalue weighted by atomic mass is 10.1. The van der Waals surface area contributed by atoms with Crippen LogP contribution in [0.15, 0.2) is 78.0 Å². The number of aryl methyl sites for hydroxylation is 1. The first-order chi connectivity index (χ1) is 15.9. The van der Waals surface area contributed by atoms with E-state index in [1.807, 2.05) is 84.4 Å². The van der Waals surface area contributed by atoms with Gasteiger partial charge in [0.2, 0.25) is 5.78 Å². The molecular weight excluding hydrogens is 414 g/mol. The molecule has 2 aromatic carbocycles. The number of aromatic nitrogens is 1. The lowest BCUT2D eigenvalue weighted by Gasteiger charge is -2.16. The molecule has 0 radical (unpaired) electrons. The molecule has 0 aliphatic heterocycles. The Kier molecular flexibility index (Phi) is 6.13.